The molecule has 6 heteroatoms. The maximum atomic E-state index is 8.54. The number of oxime groups is 1. The van der Waals surface area contributed by atoms with Crippen LogP contribution in [0.1, 0.15) is 19.7 Å². The van der Waals surface area contributed by atoms with Crippen LogP contribution in [0.5, 0.6) is 0 Å². The third-order valence-corrected chi connectivity index (χ3v) is 2.19. The van der Waals surface area contributed by atoms with Gasteiger partial charge in [-0.1, -0.05) is 5.16 Å². The molecule has 0 atom stereocenters. The topological polar surface area (TPSA) is 87.6 Å². The summed E-state index contributed by atoms with van der Waals surface area (Å²) in [6.45, 7) is 5.04. The van der Waals surface area contributed by atoms with Crippen molar-refractivity contribution in [1.29, 1.82) is 0 Å². The second-order valence-corrected chi connectivity index (χ2v) is 3.76. The van der Waals surface area contributed by atoms with Crippen molar-refractivity contribution < 1.29 is 5.21 Å². The molecular weight excluding hydrogens is 206 g/mol. The van der Waals surface area contributed by atoms with Crippen LogP contribution in [0.2, 0.25) is 0 Å². The molecule has 0 amide bonds. The Bertz CT molecular complexity index is 338. The first-order valence-corrected chi connectivity index (χ1v) is 5.10. The molecule has 0 saturated carbocycles. The highest BCUT2D eigenvalue weighted by Gasteiger charge is 2.13. The first kappa shape index (κ1) is 12.4. The Morgan fingerprint density at radius 1 is 1.50 bits per heavy atom. The SMILES string of the molecule is CC(C)N(CC(N)=NO)Cc1ncccn1. The summed E-state index contributed by atoms with van der Waals surface area (Å²) in [6, 6.07) is 2.04. The van der Waals surface area contributed by atoms with Crippen LogP contribution in [0.4, 0.5) is 0 Å². The van der Waals surface area contributed by atoms with Crippen molar-refractivity contribution in [3.8, 4) is 0 Å². The average molecular weight is 223 g/mol. The van der Waals surface area contributed by atoms with Gasteiger partial charge in [-0.2, -0.15) is 0 Å². The zero-order valence-electron chi connectivity index (χ0n) is 9.54. The Kier molecular flexibility index (Phi) is 4.65. The number of hydrogen-bond acceptors (Lipinski definition) is 5. The first-order chi connectivity index (χ1) is 7.63. The molecule has 0 saturated heterocycles. The molecule has 1 aromatic rings. The molecule has 16 heavy (non-hydrogen) atoms. The van der Waals surface area contributed by atoms with Crippen LogP contribution < -0.4 is 5.73 Å². The summed E-state index contributed by atoms with van der Waals surface area (Å²) in [7, 11) is 0. The zero-order chi connectivity index (χ0) is 12.0. The van der Waals surface area contributed by atoms with E-state index in [1.54, 1.807) is 18.5 Å². The van der Waals surface area contributed by atoms with Gasteiger partial charge in [0.15, 0.2) is 5.84 Å². The quantitative estimate of drug-likeness (QED) is 0.327. The van der Waals surface area contributed by atoms with Crippen molar-refractivity contribution in [3.63, 3.8) is 0 Å². The largest absolute Gasteiger partial charge is 0.409 e. The molecule has 1 rings (SSSR count). The van der Waals surface area contributed by atoms with Crippen LogP contribution in [0.25, 0.3) is 0 Å². The van der Waals surface area contributed by atoms with Gasteiger partial charge in [0.25, 0.3) is 0 Å². The Balaban J connectivity index is 2.65. The molecule has 0 aliphatic rings. The number of aromatic nitrogens is 2. The lowest BCUT2D eigenvalue weighted by Crippen LogP contribution is -2.38. The summed E-state index contributed by atoms with van der Waals surface area (Å²) >= 11 is 0. The van der Waals surface area contributed by atoms with Gasteiger partial charge in [0.05, 0.1) is 13.1 Å². The summed E-state index contributed by atoms with van der Waals surface area (Å²) in [5.41, 5.74) is 5.48. The van der Waals surface area contributed by atoms with E-state index >= 15 is 0 Å². The summed E-state index contributed by atoms with van der Waals surface area (Å²) < 4.78 is 0. The van der Waals surface area contributed by atoms with Crippen LogP contribution in [0.15, 0.2) is 23.6 Å². The molecule has 0 aliphatic carbocycles. The second-order valence-electron chi connectivity index (χ2n) is 3.76. The monoisotopic (exact) mass is 223 g/mol. The molecule has 0 unspecified atom stereocenters. The van der Waals surface area contributed by atoms with Crippen LogP contribution >= 0.6 is 0 Å². The molecular formula is C10H17N5O. The summed E-state index contributed by atoms with van der Waals surface area (Å²) in [5.74, 6) is 0.909. The Hall–Kier alpha value is -1.69. The number of rotatable bonds is 5. The van der Waals surface area contributed by atoms with Gasteiger partial charge in [0.1, 0.15) is 5.82 Å². The molecule has 0 fully saturated rings. The molecule has 0 bridgehead atoms. The maximum absolute atomic E-state index is 8.54. The van der Waals surface area contributed by atoms with E-state index in [2.05, 4.69) is 15.1 Å². The van der Waals surface area contributed by atoms with Crippen LogP contribution in [-0.4, -0.2) is 38.5 Å². The van der Waals surface area contributed by atoms with E-state index in [1.165, 1.54) is 0 Å². The van der Waals surface area contributed by atoms with E-state index in [4.69, 9.17) is 10.9 Å². The molecule has 1 heterocycles. The predicted octanol–water partition coefficient (Wildman–Crippen LogP) is 0.433. The van der Waals surface area contributed by atoms with E-state index in [-0.39, 0.29) is 11.9 Å². The van der Waals surface area contributed by atoms with E-state index in [0.29, 0.717) is 13.1 Å². The minimum atomic E-state index is 0.185. The number of nitrogens with zero attached hydrogens (tertiary/aromatic N) is 4. The van der Waals surface area contributed by atoms with Crippen LogP contribution in [0.3, 0.4) is 0 Å². The van der Waals surface area contributed by atoms with Crippen molar-refractivity contribution in [3.05, 3.63) is 24.3 Å². The Morgan fingerprint density at radius 3 is 2.62 bits per heavy atom. The minimum absolute atomic E-state index is 0.185. The molecule has 0 radical (unpaired) electrons. The van der Waals surface area contributed by atoms with Gasteiger partial charge >= 0.3 is 0 Å². The van der Waals surface area contributed by atoms with Crippen molar-refractivity contribution in [1.82, 2.24) is 14.9 Å². The summed E-state index contributed by atoms with van der Waals surface area (Å²) in [4.78, 5) is 10.3. The van der Waals surface area contributed by atoms with Gasteiger partial charge in [-0.25, -0.2) is 9.97 Å². The Morgan fingerprint density at radius 2 is 2.12 bits per heavy atom. The van der Waals surface area contributed by atoms with Crippen molar-refractivity contribution in [2.45, 2.75) is 26.4 Å². The van der Waals surface area contributed by atoms with Gasteiger partial charge < -0.3 is 10.9 Å². The molecule has 3 N–H and O–H groups in total. The first-order valence-electron chi connectivity index (χ1n) is 5.10. The van der Waals surface area contributed by atoms with Crippen LogP contribution in [-0.2, 0) is 6.54 Å². The highest BCUT2D eigenvalue weighted by atomic mass is 16.4. The van der Waals surface area contributed by atoms with Gasteiger partial charge in [0, 0.05) is 18.4 Å². The lowest BCUT2D eigenvalue weighted by Gasteiger charge is -2.24. The van der Waals surface area contributed by atoms with Gasteiger partial charge in [-0.3, -0.25) is 4.90 Å². The fourth-order valence-corrected chi connectivity index (χ4v) is 1.25. The Labute approximate surface area is 94.8 Å². The second kappa shape index (κ2) is 6.02. The standard InChI is InChI=1S/C10H17N5O/c1-8(2)15(6-9(11)14-16)7-10-12-4-3-5-13-10/h3-5,8,16H,6-7H2,1-2H3,(H2,11,14). The van der Waals surface area contributed by atoms with Crippen molar-refractivity contribution in [2.24, 2.45) is 10.9 Å². The fraction of sp³-hybridized carbons (Fsp3) is 0.500. The lowest BCUT2D eigenvalue weighted by molar-refractivity contribution is 0.233. The normalized spacial score (nSPS) is 12.4. The summed E-state index contributed by atoms with van der Waals surface area (Å²) in [6.07, 6.45) is 3.40. The van der Waals surface area contributed by atoms with E-state index in [9.17, 15) is 0 Å². The molecule has 6 nitrogen and oxygen atoms in total. The fourth-order valence-electron chi connectivity index (χ4n) is 1.25. The van der Waals surface area contributed by atoms with Gasteiger partial charge in [0.2, 0.25) is 0 Å². The van der Waals surface area contributed by atoms with Crippen LogP contribution in [0, 0.1) is 0 Å². The number of amidine groups is 1. The average Bonchev–Trinajstić information content (AvgIpc) is 2.29. The molecule has 88 valence electrons. The highest BCUT2D eigenvalue weighted by molar-refractivity contribution is 5.81. The number of hydrogen-bond donors (Lipinski definition) is 2. The third-order valence-electron chi connectivity index (χ3n) is 2.19. The van der Waals surface area contributed by atoms with E-state index in [1.807, 2.05) is 18.7 Å². The zero-order valence-corrected chi connectivity index (χ0v) is 9.54. The molecule has 0 aromatic carbocycles. The van der Waals surface area contributed by atoms with Gasteiger partial charge in [-0.05, 0) is 19.9 Å². The molecule has 0 aliphatic heterocycles. The third kappa shape index (κ3) is 3.82. The van der Waals surface area contributed by atoms with Crippen molar-refractivity contribution >= 4 is 5.84 Å². The van der Waals surface area contributed by atoms with Crippen molar-refractivity contribution in [2.75, 3.05) is 6.54 Å². The highest BCUT2D eigenvalue weighted by Crippen LogP contribution is 2.03. The van der Waals surface area contributed by atoms with E-state index in [0.717, 1.165) is 5.82 Å². The minimum Gasteiger partial charge on any atom is -0.409 e. The summed E-state index contributed by atoms with van der Waals surface area (Å²) in [5, 5.41) is 11.5. The smallest absolute Gasteiger partial charge is 0.153 e. The number of nitrogens with two attached hydrogens (primary N) is 1. The molecule has 1 aromatic heterocycles. The van der Waals surface area contributed by atoms with E-state index < -0.39 is 0 Å². The van der Waals surface area contributed by atoms with Gasteiger partial charge in [-0.15, -0.1) is 0 Å². The molecule has 0 spiro atoms. The lowest BCUT2D eigenvalue weighted by atomic mass is 10.3. The maximum Gasteiger partial charge on any atom is 0.153 e. The predicted molar refractivity (Wildman–Crippen MR) is 61.0 cm³/mol.